The minimum Gasteiger partial charge on any atom is -0.456 e. The van der Waals surface area contributed by atoms with Crippen LogP contribution in [0.5, 0.6) is 0 Å². The molecule has 0 aliphatic rings. The number of rotatable bonds is 0. The highest BCUT2D eigenvalue weighted by atomic mass is 16.3. The van der Waals surface area contributed by atoms with Crippen molar-refractivity contribution in [2.75, 3.05) is 0 Å². The van der Waals surface area contributed by atoms with Gasteiger partial charge in [0, 0.05) is 40.2 Å². The topological polar surface area (TPSA) is 18.1 Å². The zero-order chi connectivity index (χ0) is 15.7. The number of aromatic nitrogens is 1. The molecule has 0 spiro atoms. The van der Waals surface area contributed by atoms with Gasteiger partial charge in [-0.25, -0.2) is 0 Å². The van der Waals surface area contributed by atoms with E-state index in [0.29, 0.717) is 0 Å². The van der Waals surface area contributed by atoms with Crippen molar-refractivity contribution in [2.45, 2.75) is 13.8 Å². The number of hydrogen-bond donors (Lipinski definition) is 0. The molecular formula is C21H17NO. The Kier molecular flexibility index (Phi) is 2.31. The zero-order valence-electron chi connectivity index (χ0n) is 13.5. The van der Waals surface area contributed by atoms with E-state index in [1.165, 1.54) is 43.7 Å². The summed E-state index contributed by atoms with van der Waals surface area (Å²) < 4.78 is 8.33. The van der Waals surface area contributed by atoms with E-state index in [9.17, 15) is 0 Å². The lowest BCUT2D eigenvalue weighted by molar-refractivity contribution is 0.669. The van der Waals surface area contributed by atoms with Crippen molar-refractivity contribution in [3.63, 3.8) is 0 Å². The van der Waals surface area contributed by atoms with Gasteiger partial charge in [0.05, 0.1) is 5.52 Å². The van der Waals surface area contributed by atoms with Crippen LogP contribution in [-0.2, 0) is 7.05 Å². The third kappa shape index (κ3) is 1.63. The fraction of sp³-hybridized carbons (Fsp3) is 0.143. The van der Waals surface area contributed by atoms with Gasteiger partial charge in [0.2, 0.25) is 0 Å². The van der Waals surface area contributed by atoms with Crippen LogP contribution in [0, 0.1) is 13.8 Å². The first-order valence-electron chi connectivity index (χ1n) is 7.93. The van der Waals surface area contributed by atoms with Crippen molar-refractivity contribution in [1.82, 2.24) is 4.57 Å². The van der Waals surface area contributed by atoms with E-state index in [-0.39, 0.29) is 0 Å². The van der Waals surface area contributed by atoms with Gasteiger partial charge < -0.3 is 8.98 Å². The van der Waals surface area contributed by atoms with Crippen LogP contribution in [0.15, 0.2) is 52.9 Å². The molecule has 0 atom stereocenters. The molecule has 0 N–H and O–H groups in total. The second-order valence-corrected chi connectivity index (χ2v) is 6.55. The van der Waals surface area contributed by atoms with Gasteiger partial charge in [-0.2, -0.15) is 0 Å². The molecule has 0 radical (unpaired) electrons. The van der Waals surface area contributed by atoms with Crippen LogP contribution in [0.4, 0.5) is 0 Å². The number of aryl methyl sites for hydroxylation is 3. The molecule has 3 aromatic carbocycles. The third-order valence-corrected chi connectivity index (χ3v) is 4.91. The van der Waals surface area contributed by atoms with Crippen molar-refractivity contribution in [3.8, 4) is 0 Å². The van der Waals surface area contributed by atoms with Crippen molar-refractivity contribution in [1.29, 1.82) is 0 Å². The second kappa shape index (κ2) is 4.17. The normalized spacial score (nSPS) is 12.1. The monoisotopic (exact) mass is 299 g/mol. The molecule has 0 saturated carbocycles. The van der Waals surface area contributed by atoms with Gasteiger partial charge in [-0.3, -0.25) is 0 Å². The molecule has 5 rings (SSSR count). The Labute approximate surface area is 133 Å². The first kappa shape index (κ1) is 12.8. The summed E-state index contributed by atoms with van der Waals surface area (Å²) in [5.74, 6) is 0. The minimum atomic E-state index is 0.959. The van der Waals surface area contributed by atoms with Crippen molar-refractivity contribution in [3.05, 3.63) is 59.7 Å². The Morgan fingerprint density at radius 2 is 1.30 bits per heavy atom. The molecule has 0 fully saturated rings. The Hall–Kier alpha value is -2.74. The molecule has 0 unspecified atom stereocenters. The highest BCUT2D eigenvalue weighted by Crippen LogP contribution is 2.36. The molecule has 112 valence electrons. The van der Waals surface area contributed by atoms with E-state index in [4.69, 9.17) is 4.42 Å². The number of nitrogens with zero attached hydrogens (tertiary/aromatic N) is 1. The maximum absolute atomic E-state index is 6.08. The molecule has 0 amide bonds. The van der Waals surface area contributed by atoms with Crippen LogP contribution in [0.2, 0.25) is 0 Å². The number of hydrogen-bond acceptors (Lipinski definition) is 1. The van der Waals surface area contributed by atoms with Crippen LogP contribution in [0.1, 0.15) is 11.1 Å². The molecule has 5 aromatic rings. The fourth-order valence-corrected chi connectivity index (χ4v) is 3.71. The number of benzene rings is 3. The SMILES string of the molecule is Cc1ccc2oc3cc4c(cc3c2c1)c1cc(C)ccc1n4C. The van der Waals surface area contributed by atoms with E-state index >= 15 is 0 Å². The van der Waals surface area contributed by atoms with Gasteiger partial charge in [-0.05, 0) is 44.2 Å². The van der Waals surface area contributed by atoms with Crippen LogP contribution in [0.3, 0.4) is 0 Å². The first-order valence-corrected chi connectivity index (χ1v) is 7.93. The molecule has 2 heteroatoms. The Bertz CT molecular complexity index is 1240. The van der Waals surface area contributed by atoms with Gasteiger partial charge in [0.25, 0.3) is 0 Å². The van der Waals surface area contributed by atoms with Crippen LogP contribution >= 0.6 is 0 Å². The highest BCUT2D eigenvalue weighted by Gasteiger charge is 2.13. The first-order chi connectivity index (χ1) is 11.1. The van der Waals surface area contributed by atoms with E-state index in [1.807, 2.05) is 0 Å². The molecule has 0 aliphatic heterocycles. The average molecular weight is 299 g/mol. The molecule has 2 aromatic heterocycles. The Morgan fingerprint density at radius 3 is 2.13 bits per heavy atom. The third-order valence-electron chi connectivity index (χ3n) is 4.91. The highest BCUT2D eigenvalue weighted by molar-refractivity contribution is 6.16. The maximum atomic E-state index is 6.08. The predicted octanol–water partition coefficient (Wildman–Crippen LogP) is 5.85. The Morgan fingerprint density at radius 1 is 0.652 bits per heavy atom. The van der Waals surface area contributed by atoms with E-state index in [2.05, 4.69) is 74.0 Å². The average Bonchev–Trinajstić information content (AvgIpc) is 3.02. The number of furan rings is 1. The summed E-state index contributed by atoms with van der Waals surface area (Å²) in [4.78, 5) is 0. The molecule has 0 bridgehead atoms. The van der Waals surface area contributed by atoms with Gasteiger partial charge in [-0.1, -0.05) is 23.3 Å². The van der Waals surface area contributed by atoms with Crippen molar-refractivity contribution in [2.24, 2.45) is 7.05 Å². The minimum absolute atomic E-state index is 0.959. The van der Waals surface area contributed by atoms with Crippen molar-refractivity contribution < 1.29 is 4.42 Å². The van der Waals surface area contributed by atoms with Gasteiger partial charge in [0.15, 0.2) is 0 Å². The lowest BCUT2D eigenvalue weighted by atomic mass is 10.1. The largest absolute Gasteiger partial charge is 0.456 e. The van der Waals surface area contributed by atoms with Crippen LogP contribution in [-0.4, -0.2) is 4.57 Å². The van der Waals surface area contributed by atoms with Gasteiger partial charge >= 0.3 is 0 Å². The van der Waals surface area contributed by atoms with Crippen molar-refractivity contribution >= 4 is 43.7 Å². The van der Waals surface area contributed by atoms with Gasteiger partial charge in [0.1, 0.15) is 11.2 Å². The van der Waals surface area contributed by atoms with E-state index in [0.717, 1.165) is 11.2 Å². The maximum Gasteiger partial charge on any atom is 0.137 e. The summed E-state index contributed by atoms with van der Waals surface area (Å²) in [5.41, 5.74) is 6.95. The molecular weight excluding hydrogens is 282 g/mol. The summed E-state index contributed by atoms with van der Waals surface area (Å²) in [5, 5.41) is 5.01. The molecule has 2 nitrogen and oxygen atoms in total. The molecule has 0 aliphatic carbocycles. The molecule has 23 heavy (non-hydrogen) atoms. The van der Waals surface area contributed by atoms with Crippen LogP contribution in [0.25, 0.3) is 43.7 Å². The van der Waals surface area contributed by atoms with Crippen LogP contribution < -0.4 is 0 Å². The standard InChI is InChI=1S/C21H17NO/c1-12-4-6-18-14(8-12)15-10-17-16-9-13(2)5-7-20(16)23-21(17)11-19(15)22(18)3/h4-11H,1-3H3. The molecule has 0 saturated heterocycles. The van der Waals surface area contributed by atoms with E-state index in [1.54, 1.807) is 0 Å². The summed E-state index contributed by atoms with van der Waals surface area (Å²) in [6.07, 6.45) is 0. The lowest BCUT2D eigenvalue weighted by Crippen LogP contribution is -1.86. The summed E-state index contributed by atoms with van der Waals surface area (Å²) in [6.45, 7) is 4.27. The number of fused-ring (bicyclic) bond motifs is 6. The smallest absolute Gasteiger partial charge is 0.137 e. The predicted molar refractivity (Wildman–Crippen MR) is 97.2 cm³/mol. The lowest BCUT2D eigenvalue weighted by Gasteiger charge is -1.97. The fourth-order valence-electron chi connectivity index (χ4n) is 3.71. The van der Waals surface area contributed by atoms with Gasteiger partial charge in [-0.15, -0.1) is 0 Å². The Balaban J connectivity index is 2.04. The quantitative estimate of drug-likeness (QED) is 0.351. The summed E-state index contributed by atoms with van der Waals surface area (Å²) >= 11 is 0. The van der Waals surface area contributed by atoms with E-state index < -0.39 is 0 Å². The zero-order valence-corrected chi connectivity index (χ0v) is 13.5. The second-order valence-electron chi connectivity index (χ2n) is 6.55. The summed E-state index contributed by atoms with van der Waals surface area (Å²) in [7, 11) is 2.12. The summed E-state index contributed by atoms with van der Waals surface area (Å²) in [6, 6.07) is 17.5. The molecule has 2 heterocycles.